The normalized spacial score (nSPS) is 25.4. The Balaban J connectivity index is 0.000000684. The van der Waals surface area contributed by atoms with Crippen molar-refractivity contribution in [3.63, 3.8) is 0 Å². The predicted octanol–water partition coefficient (Wildman–Crippen LogP) is 5.51. The van der Waals surface area contributed by atoms with Gasteiger partial charge in [0.25, 0.3) is 0 Å². The van der Waals surface area contributed by atoms with E-state index in [1.54, 1.807) is 41.5 Å². The van der Waals surface area contributed by atoms with Crippen LogP contribution in [0.5, 0.6) is 0 Å². The molecule has 0 heterocycles. The Labute approximate surface area is 171 Å². The minimum absolute atomic E-state index is 0.148. The second-order valence-electron chi connectivity index (χ2n) is 10.8. The van der Waals surface area contributed by atoms with Crippen LogP contribution >= 0.6 is 15.4 Å². The first-order chi connectivity index (χ1) is 12.1. The van der Waals surface area contributed by atoms with Crippen molar-refractivity contribution in [2.45, 2.75) is 105 Å². The smallest absolute Gasteiger partial charge is 0.472 e. The van der Waals surface area contributed by atoms with E-state index in [2.05, 4.69) is 25.3 Å². The maximum absolute atomic E-state index is 11.9. The first-order valence-electron chi connectivity index (χ1n) is 9.78. The van der Waals surface area contributed by atoms with Crippen molar-refractivity contribution in [2.24, 2.45) is 11.3 Å². The quantitative estimate of drug-likeness (QED) is 0.559. The molecule has 1 aliphatic carbocycles. The highest BCUT2D eigenvalue weighted by atomic mass is 31.2. The molecule has 0 aromatic carbocycles. The molecule has 0 radical (unpaired) electrons. The maximum Gasteiger partial charge on any atom is 0.472 e. The summed E-state index contributed by atoms with van der Waals surface area (Å²) in [4.78, 5) is 20.2. The van der Waals surface area contributed by atoms with E-state index in [4.69, 9.17) is 9.05 Å². The highest BCUT2D eigenvalue weighted by Crippen LogP contribution is 2.51. The first kappa shape index (κ1) is 28.3. The van der Waals surface area contributed by atoms with Crippen LogP contribution in [0.15, 0.2) is 0 Å². The molecule has 1 saturated carbocycles. The summed E-state index contributed by atoms with van der Waals surface area (Å²) in [5.74, 6) is 0.583. The van der Waals surface area contributed by atoms with E-state index >= 15 is 0 Å². The van der Waals surface area contributed by atoms with E-state index in [0.29, 0.717) is 11.3 Å². The highest BCUT2D eigenvalue weighted by Gasteiger charge is 2.36. The molecule has 0 spiro atoms. The van der Waals surface area contributed by atoms with Gasteiger partial charge >= 0.3 is 7.82 Å². The summed E-state index contributed by atoms with van der Waals surface area (Å²) in [7, 11) is -7.48. The van der Waals surface area contributed by atoms with Gasteiger partial charge in [-0.1, -0.05) is 20.8 Å². The number of rotatable bonds is 5. The first-order valence-corrected chi connectivity index (χ1v) is 13.3. The minimum atomic E-state index is -3.94. The molecule has 1 aliphatic rings. The summed E-state index contributed by atoms with van der Waals surface area (Å²) in [5.41, 5.74) is -0.968. The number of hydrogen-bond donors (Lipinski definition) is 1. The molecule has 0 aromatic rings. The molecule has 1 N–H and O–H groups in total. The fourth-order valence-corrected chi connectivity index (χ4v) is 5.53. The van der Waals surface area contributed by atoms with Gasteiger partial charge in [-0.05, 0) is 78.6 Å². The van der Waals surface area contributed by atoms with Gasteiger partial charge in [0.05, 0.1) is 17.3 Å². The van der Waals surface area contributed by atoms with Crippen molar-refractivity contribution in [2.75, 3.05) is 6.66 Å². The van der Waals surface area contributed by atoms with E-state index in [1.807, 2.05) is 0 Å². The fraction of sp³-hybridized carbons (Fsp3) is 1.00. The average molecular weight is 443 g/mol. The van der Waals surface area contributed by atoms with Crippen LogP contribution in [0.25, 0.3) is 0 Å². The summed E-state index contributed by atoms with van der Waals surface area (Å²) >= 11 is 0. The van der Waals surface area contributed by atoms with Crippen molar-refractivity contribution in [1.29, 1.82) is 0 Å². The third-order valence-electron chi connectivity index (χ3n) is 3.51. The van der Waals surface area contributed by atoms with Gasteiger partial charge in [0.15, 0.2) is 0 Å². The van der Waals surface area contributed by atoms with E-state index in [1.165, 1.54) is 0 Å². The molecule has 0 saturated heterocycles. The highest BCUT2D eigenvalue weighted by molar-refractivity contribution is 7.50. The van der Waals surface area contributed by atoms with Gasteiger partial charge in [-0.15, -0.1) is 0 Å². The van der Waals surface area contributed by atoms with Gasteiger partial charge in [0.1, 0.15) is 7.60 Å². The minimum Gasteiger partial charge on any atom is -0.779 e. The van der Waals surface area contributed by atoms with Gasteiger partial charge in [-0.3, -0.25) is 9.05 Å². The number of hydrogen-bond acceptors (Lipinski definition) is 6. The molecule has 170 valence electrons. The van der Waals surface area contributed by atoms with Crippen LogP contribution in [0, 0.1) is 11.3 Å². The molecule has 0 aromatic heterocycles. The predicted molar refractivity (Wildman–Crippen MR) is 111 cm³/mol. The fourth-order valence-electron chi connectivity index (χ4n) is 3.23. The van der Waals surface area contributed by atoms with Gasteiger partial charge in [-0.2, -0.15) is 0 Å². The molecule has 0 bridgehead atoms. The zero-order chi connectivity index (χ0) is 22.6. The number of phosphoric acid groups is 1. The SMILES string of the molecule is CC(C)(C)C[C@H]1CC[C@H](OP(=O)(O)OC(C)(C)C)C1.CC(C)(C)OP(C)(=O)[O-]. The zero-order valence-electron chi connectivity index (χ0n) is 19.3. The van der Waals surface area contributed by atoms with Crippen molar-refractivity contribution in [1.82, 2.24) is 0 Å². The van der Waals surface area contributed by atoms with E-state index < -0.39 is 26.6 Å². The lowest BCUT2D eigenvalue weighted by Gasteiger charge is -2.28. The zero-order valence-corrected chi connectivity index (χ0v) is 21.1. The average Bonchev–Trinajstić information content (AvgIpc) is 2.64. The standard InChI is InChI=1S/C14H29O4P.C5H13O3P/c1-13(2,3)10-11-7-8-12(9-11)17-19(15,16)18-14(4,5)6;1-5(2,3)8-9(4,6)7/h11-12H,7-10H2,1-6H3,(H,15,16);1-4H3,(H,6,7)/p-1/t11-,12-;/m0./s1. The van der Waals surface area contributed by atoms with Crippen LogP contribution in [0.2, 0.25) is 0 Å². The van der Waals surface area contributed by atoms with Crippen LogP contribution in [0.1, 0.15) is 88.0 Å². The van der Waals surface area contributed by atoms with Gasteiger partial charge in [0.2, 0.25) is 0 Å². The third-order valence-corrected chi connectivity index (χ3v) is 5.73. The van der Waals surface area contributed by atoms with Crippen molar-refractivity contribution in [3.05, 3.63) is 0 Å². The molecule has 28 heavy (non-hydrogen) atoms. The van der Waals surface area contributed by atoms with Gasteiger partial charge in [0, 0.05) is 6.66 Å². The van der Waals surface area contributed by atoms with Crippen LogP contribution in [0.3, 0.4) is 0 Å². The number of phosphoric ester groups is 1. The van der Waals surface area contributed by atoms with E-state index in [-0.39, 0.29) is 6.10 Å². The molecule has 9 heteroatoms. The van der Waals surface area contributed by atoms with Gasteiger partial charge < -0.3 is 18.9 Å². The van der Waals surface area contributed by atoms with Crippen LogP contribution in [-0.2, 0) is 22.7 Å². The Bertz CT molecular complexity index is 564. The Hall–Kier alpha value is 0.260. The second kappa shape index (κ2) is 10.0. The monoisotopic (exact) mass is 443 g/mol. The lowest BCUT2D eigenvalue weighted by molar-refractivity contribution is -0.204. The molecule has 4 atom stereocenters. The Morgan fingerprint density at radius 1 is 0.929 bits per heavy atom. The Morgan fingerprint density at radius 2 is 1.39 bits per heavy atom. The van der Waals surface area contributed by atoms with E-state index in [0.717, 1.165) is 32.3 Å². The molecular formula is C19H41O7P2-. The second-order valence-corrected chi connectivity index (χ2v) is 13.9. The molecule has 1 fully saturated rings. The van der Waals surface area contributed by atoms with Crippen LogP contribution in [0.4, 0.5) is 0 Å². The summed E-state index contributed by atoms with van der Waals surface area (Å²) in [6.07, 6.45) is 3.75. The molecule has 0 amide bonds. The lowest BCUT2D eigenvalue weighted by Crippen LogP contribution is -2.20. The Kier molecular flexibility index (Phi) is 10.1. The van der Waals surface area contributed by atoms with Crippen LogP contribution in [-0.4, -0.2) is 28.9 Å². The van der Waals surface area contributed by atoms with Crippen molar-refractivity contribution < 1.29 is 32.5 Å². The largest absolute Gasteiger partial charge is 0.779 e. The lowest BCUT2D eigenvalue weighted by atomic mass is 9.84. The molecule has 1 rings (SSSR count). The molecule has 2 unspecified atom stereocenters. The van der Waals surface area contributed by atoms with Gasteiger partial charge in [-0.25, -0.2) is 4.57 Å². The summed E-state index contributed by atoms with van der Waals surface area (Å²) in [6.45, 7) is 18.1. The molecule has 0 aliphatic heterocycles. The summed E-state index contributed by atoms with van der Waals surface area (Å²) in [6, 6.07) is 0. The van der Waals surface area contributed by atoms with Crippen molar-refractivity contribution in [3.8, 4) is 0 Å². The summed E-state index contributed by atoms with van der Waals surface area (Å²) < 4.78 is 37.4. The summed E-state index contributed by atoms with van der Waals surface area (Å²) in [5, 5.41) is 0. The van der Waals surface area contributed by atoms with Crippen LogP contribution < -0.4 is 4.89 Å². The third kappa shape index (κ3) is 17.1. The topological polar surface area (TPSA) is 105 Å². The van der Waals surface area contributed by atoms with E-state index in [9.17, 15) is 18.9 Å². The Morgan fingerprint density at radius 3 is 1.71 bits per heavy atom. The molecular weight excluding hydrogens is 402 g/mol. The maximum atomic E-state index is 11.9. The molecule has 7 nitrogen and oxygen atoms in total. The van der Waals surface area contributed by atoms with Crippen molar-refractivity contribution >= 4 is 15.4 Å².